The fourth-order valence-corrected chi connectivity index (χ4v) is 2.08. The predicted molar refractivity (Wildman–Crippen MR) is 76.7 cm³/mol. The molecule has 1 aromatic carbocycles. The lowest BCUT2D eigenvalue weighted by molar-refractivity contribution is -0.114. The molecule has 2 rings (SSSR count). The molecule has 1 heterocycles. The molecule has 1 aromatic rings. The molecule has 7 heteroatoms. The number of benzene rings is 1. The molecular weight excluding hydrogens is 277 g/mol. The normalized spacial score (nSPS) is 17.3. The molecule has 0 saturated carbocycles. The van der Waals surface area contributed by atoms with Gasteiger partial charge in [0.15, 0.2) is 0 Å². The molecule has 0 bridgehead atoms. The van der Waals surface area contributed by atoms with Crippen molar-refractivity contribution in [3.8, 4) is 0 Å². The smallest absolute Gasteiger partial charge is 0.319 e. The van der Waals surface area contributed by atoms with E-state index in [2.05, 4.69) is 16.0 Å². The van der Waals surface area contributed by atoms with Crippen molar-refractivity contribution in [2.45, 2.75) is 25.9 Å². The van der Waals surface area contributed by atoms with Gasteiger partial charge in [-0.1, -0.05) is 0 Å². The predicted octanol–water partition coefficient (Wildman–Crippen LogP) is 2.08. The molecule has 1 atom stereocenters. The molecule has 6 nitrogen and oxygen atoms in total. The van der Waals surface area contributed by atoms with Gasteiger partial charge in [0.2, 0.25) is 5.91 Å². The minimum absolute atomic E-state index is 0.0272. The minimum Gasteiger partial charge on any atom is -0.376 e. The van der Waals surface area contributed by atoms with Crippen LogP contribution in [0.2, 0.25) is 0 Å². The van der Waals surface area contributed by atoms with Crippen LogP contribution in [0, 0.1) is 5.82 Å². The van der Waals surface area contributed by atoms with E-state index < -0.39 is 11.8 Å². The highest BCUT2D eigenvalue weighted by molar-refractivity contribution is 5.92. The molecule has 0 aliphatic carbocycles. The highest BCUT2D eigenvalue weighted by Crippen LogP contribution is 2.19. The van der Waals surface area contributed by atoms with Gasteiger partial charge >= 0.3 is 6.03 Å². The number of carbonyl (C=O) groups is 2. The van der Waals surface area contributed by atoms with Gasteiger partial charge < -0.3 is 20.7 Å². The molecular formula is C14H18FN3O3. The Hall–Kier alpha value is -2.15. The fourth-order valence-electron chi connectivity index (χ4n) is 2.08. The Bertz CT molecular complexity index is 530. The summed E-state index contributed by atoms with van der Waals surface area (Å²) in [5.74, 6) is -0.940. The van der Waals surface area contributed by atoms with Crippen molar-refractivity contribution >= 4 is 23.3 Å². The van der Waals surface area contributed by atoms with E-state index in [1.165, 1.54) is 25.1 Å². The summed E-state index contributed by atoms with van der Waals surface area (Å²) in [6.45, 7) is 2.45. The van der Waals surface area contributed by atoms with Gasteiger partial charge in [0.1, 0.15) is 5.82 Å². The molecule has 21 heavy (non-hydrogen) atoms. The van der Waals surface area contributed by atoms with E-state index in [9.17, 15) is 14.0 Å². The number of hydrogen-bond acceptors (Lipinski definition) is 3. The van der Waals surface area contributed by atoms with Crippen molar-refractivity contribution in [1.29, 1.82) is 0 Å². The standard InChI is InChI=1S/C14H18FN3O3/c1-9(19)17-13-7-10(4-5-12(13)15)18-14(20)16-8-11-3-2-6-21-11/h4-5,7,11H,2-3,6,8H2,1H3,(H,17,19)(H2,16,18,20). The van der Waals surface area contributed by atoms with E-state index in [1.54, 1.807) is 0 Å². The molecule has 1 aliphatic rings. The van der Waals surface area contributed by atoms with Crippen molar-refractivity contribution in [1.82, 2.24) is 5.32 Å². The van der Waals surface area contributed by atoms with Crippen molar-refractivity contribution in [3.05, 3.63) is 24.0 Å². The summed E-state index contributed by atoms with van der Waals surface area (Å²) < 4.78 is 18.9. The molecule has 3 amide bonds. The van der Waals surface area contributed by atoms with Crippen LogP contribution in [0.25, 0.3) is 0 Å². The van der Waals surface area contributed by atoms with Gasteiger partial charge in [-0.25, -0.2) is 9.18 Å². The number of hydrogen-bond donors (Lipinski definition) is 3. The van der Waals surface area contributed by atoms with Crippen LogP contribution in [0.1, 0.15) is 19.8 Å². The summed E-state index contributed by atoms with van der Waals surface area (Å²) in [7, 11) is 0. The van der Waals surface area contributed by atoms with Crippen LogP contribution in [0.15, 0.2) is 18.2 Å². The first-order valence-electron chi connectivity index (χ1n) is 6.78. The van der Waals surface area contributed by atoms with Crippen molar-refractivity contribution in [2.75, 3.05) is 23.8 Å². The Kier molecular flexibility index (Phi) is 5.10. The van der Waals surface area contributed by atoms with E-state index in [-0.39, 0.29) is 17.7 Å². The van der Waals surface area contributed by atoms with Crippen molar-refractivity contribution < 1.29 is 18.7 Å². The van der Waals surface area contributed by atoms with Crippen LogP contribution < -0.4 is 16.0 Å². The van der Waals surface area contributed by atoms with Crippen LogP contribution in [0.4, 0.5) is 20.6 Å². The molecule has 0 aromatic heterocycles. The molecule has 0 radical (unpaired) electrons. The number of nitrogens with one attached hydrogen (secondary N) is 3. The summed E-state index contributed by atoms with van der Waals surface area (Å²) in [6, 6.07) is 3.57. The lowest BCUT2D eigenvalue weighted by atomic mass is 10.2. The zero-order valence-electron chi connectivity index (χ0n) is 11.7. The number of urea groups is 1. The van der Waals surface area contributed by atoms with Gasteiger partial charge in [-0.15, -0.1) is 0 Å². The molecule has 1 fully saturated rings. The summed E-state index contributed by atoms with van der Waals surface area (Å²) in [4.78, 5) is 22.7. The van der Waals surface area contributed by atoms with Crippen LogP contribution in [-0.2, 0) is 9.53 Å². The van der Waals surface area contributed by atoms with Crippen LogP contribution in [0.5, 0.6) is 0 Å². The van der Waals surface area contributed by atoms with Gasteiger partial charge in [-0.3, -0.25) is 4.79 Å². The van der Waals surface area contributed by atoms with E-state index in [0.29, 0.717) is 12.2 Å². The monoisotopic (exact) mass is 295 g/mol. The molecule has 1 unspecified atom stereocenters. The van der Waals surface area contributed by atoms with E-state index in [4.69, 9.17) is 4.74 Å². The number of rotatable bonds is 4. The number of ether oxygens (including phenoxy) is 1. The van der Waals surface area contributed by atoms with Crippen LogP contribution >= 0.6 is 0 Å². The Balaban J connectivity index is 1.89. The van der Waals surface area contributed by atoms with E-state index in [0.717, 1.165) is 19.4 Å². The summed E-state index contributed by atoms with van der Waals surface area (Å²) in [5.41, 5.74) is 0.421. The maximum atomic E-state index is 13.5. The third-order valence-electron chi connectivity index (χ3n) is 3.05. The second-order valence-corrected chi connectivity index (χ2v) is 4.85. The van der Waals surface area contributed by atoms with E-state index >= 15 is 0 Å². The zero-order chi connectivity index (χ0) is 15.2. The third kappa shape index (κ3) is 4.71. The Morgan fingerprint density at radius 3 is 2.86 bits per heavy atom. The summed E-state index contributed by atoms with van der Waals surface area (Å²) >= 11 is 0. The first-order valence-corrected chi connectivity index (χ1v) is 6.78. The summed E-state index contributed by atoms with van der Waals surface area (Å²) in [6.07, 6.45) is 1.99. The second-order valence-electron chi connectivity index (χ2n) is 4.85. The van der Waals surface area contributed by atoms with Crippen molar-refractivity contribution in [2.24, 2.45) is 0 Å². The van der Waals surface area contributed by atoms with Gasteiger partial charge in [-0.05, 0) is 31.0 Å². The molecule has 1 saturated heterocycles. The average molecular weight is 295 g/mol. The molecule has 3 N–H and O–H groups in total. The number of amides is 3. The van der Waals surface area contributed by atoms with Gasteiger partial charge in [-0.2, -0.15) is 0 Å². The third-order valence-corrected chi connectivity index (χ3v) is 3.05. The number of halogens is 1. The largest absolute Gasteiger partial charge is 0.376 e. The van der Waals surface area contributed by atoms with Crippen LogP contribution in [-0.4, -0.2) is 31.2 Å². The first kappa shape index (κ1) is 15.2. The quantitative estimate of drug-likeness (QED) is 0.795. The van der Waals surface area contributed by atoms with Gasteiger partial charge in [0.05, 0.1) is 11.8 Å². The minimum atomic E-state index is -0.560. The Morgan fingerprint density at radius 1 is 1.38 bits per heavy atom. The molecule has 1 aliphatic heterocycles. The average Bonchev–Trinajstić information content (AvgIpc) is 2.93. The summed E-state index contributed by atoms with van der Waals surface area (Å²) in [5, 5.41) is 7.63. The second kappa shape index (κ2) is 7.03. The van der Waals surface area contributed by atoms with Crippen LogP contribution in [0.3, 0.4) is 0 Å². The lowest BCUT2D eigenvalue weighted by Crippen LogP contribution is -2.35. The first-order chi connectivity index (χ1) is 10.0. The van der Waals surface area contributed by atoms with E-state index in [1.807, 2.05) is 0 Å². The highest BCUT2D eigenvalue weighted by Gasteiger charge is 2.16. The topological polar surface area (TPSA) is 79.5 Å². The van der Waals surface area contributed by atoms with Crippen molar-refractivity contribution in [3.63, 3.8) is 0 Å². The SMILES string of the molecule is CC(=O)Nc1cc(NC(=O)NCC2CCCO2)ccc1F. The zero-order valence-corrected chi connectivity index (χ0v) is 11.7. The lowest BCUT2D eigenvalue weighted by Gasteiger charge is -2.12. The molecule has 0 spiro atoms. The molecule has 114 valence electrons. The highest BCUT2D eigenvalue weighted by atomic mass is 19.1. The van der Waals surface area contributed by atoms with Gasteiger partial charge in [0, 0.05) is 25.8 Å². The maximum absolute atomic E-state index is 13.5. The number of anilines is 2. The Morgan fingerprint density at radius 2 is 2.19 bits per heavy atom. The Labute approximate surface area is 122 Å². The van der Waals surface area contributed by atoms with Gasteiger partial charge in [0.25, 0.3) is 0 Å². The fraction of sp³-hybridized carbons (Fsp3) is 0.429. The maximum Gasteiger partial charge on any atom is 0.319 e. The number of carbonyl (C=O) groups excluding carboxylic acids is 2.